The molecule has 0 spiro atoms. The Labute approximate surface area is 122 Å². The van der Waals surface area contributed by atoms with Crippen LogP contribution in [0.1, 0.15) is 0 Å². The van der Waals surface area contributed by atoms with Crippen molar-refractivity contribution in [2.75, 3.05) is 12.8 Å². The lowest BCUT2D eigenvalue weighted by atomic mass is 10.1. The van der Waals surface area contributed by atoms with Crippen LogP contribution >= 0.6 is 0 Å². The van der Waals surface area contributed by atoms with E-state index in [2.05, 4.69) is 15.1 Å². The van der Waals surface area contributed by atoms with E-state index in [0.29, 0.717) is 17.4 Å². The Morgan fingerprint density at radius 2 is 2.00 bits per heavy atom. The summed E-state index contributed by atoms with van der Waals surface area (Å²) in [5.41, 5.74) is 8.34. The van der Waals surface area contributed by atoms with Crippen molar-refractivity contribution in [2.45, 2.75) is 0 Å². The van der Waals surface area contributed by atoms with E-state index in [4.69, 9.17) is 10.5 Å². The second kappa shape index (κ2) is 5.24. The predicted octanol–water partition coefficient (Wildman–Crippen LogP) is 2.13. The fourth-order valence-corrected chi connectivity index (χ4v) is 2.12. The first-order valence-corrected chi connectivity index (χ1v) is 6.44. The van der Waals surface area contributed by atoms with Gasteiger partial charge in [-0.2, -0.15) is 5.10 Å². The normalized spacial score (nSPS) is 10.6. The number of aromatic nitrogens is 4. The minimum absolute atomic E-state index is 0.407. The number of methoxy groups -OCH3 is 1. The van der Waals surface area contributed by atoms with Crippen LogP contribution in [0, 0.1) is 0 Å². The highest BCUT2D eigenvalue weighted by atomic mass is 16.5. The van der Waals surface area contributed by atoms with Gasteiger partial charge < -0.3 is 10.5 Å². The van der Waals surface area contributed by atoms with Crippen LogP contribution in [-0.4, -0.2) is 26.9 Å². The van der Waals surface area contributed by atoms with Gasteiger partial charge in [-0.1, -0.05) is 12.1 Å². The molecular formula is C15H15N5O. The molecule has 21 heavy (non-hydrogen) atoms. The highest BCUT2D eigenvalue weighted by Crippen LogP contribution is 2.29. The Morgan fingerprint density at radius 1 is 1.19 bits per heavy atom. The van der Waals surface area contributed by atoms with E-state index in [9.17, 15) is 0 Å². The highest BCUT2D eigenvalue weighted by molar-refractivity contribution is 5.69. The summed E-state index contributed by atoms with van der Waals surface area (Å²) in [5, 5.41) is 4.15. The van der Waals surface area contributed by atoms with Crippen molar-refractivity contribution in [2.24, 2.45) is 7.05 Å². The number of ether oxygens (including phenoxy) is 1. The minimum atomic E-state index is 0.407. The topological polar surface area (TPSA) is 78.9 Å². The summed E-state index contributed by atoms with van der Waals surface area (Å²) in [5.74, 6) is 1.65. The third-order valence-corrected chi connectivity index (χ3v) is 3.09. The van der Waals surface area contributed by atoms with Crippen molar-refractivity contribution in [1.29, 1.82) is 0 Å². The third kappa shape index (κ3) is 2.55. The lowest BCUT2D eigenvalue weighted by Gasteiger charge is -2.08. The van der Waals surface area contributed by atoms with Gasteiger partial charge in [0, 0.05) is 24.9 Å². The fourth-order valence-electron chi connectivity index (χ4n) is 2.12. The number of hydrogen-bond acceptors (Lipinski definition) is 5. The van der Waals surface area contributed by atoms with Crippen LogP contribution in [0.4, 0.5) is 5.82 Å². The first-order chi connectivity index (χ1) is 10.2. The maximum absolute atomic E-state index is 5.91. The smallest absolute Gasteiger partial charge is 0.165 e. The minimum Gasteiger partial charge on any atom is -0.496 e. The molecule has 0 aliphatic carbocycles. The number of aryl methyl sites for hydroxylation is 1. The Balaban J connectivity index is 2.14. The van der Waals surface area contributed by atoms with Gasteiger partial charge in [0.2, 0.25) is 0 Å². The van der Waals surface area contributed by atoms with Gasteiger partial charge in [0.15, 0.2) is 5.82 Å². The fraction of sp³-hybridized carbons (Fsp3) is 0.133. The molecule has 0 atom stereocenters. The lowest BCUT2D eigenvalue weighted by Crippen LogP contribution is -1.99. The van der Waals surface area contributed by atoms with Crippen LogP contribution in [0.3, 0.4) is 0 Å². The number of hydrogen-bond donors (Lipinski definition) is 1. The molecule has 0 saturated carbocycles. The Hall–Kier alpha value is -2.89. The van der Waals surface area contributed by atoms with Crippen LogP contribution in [0.5, 0.6) is 5.75 Å². The zero-order valence-corrected chi connectivity index (χ0v) is 11.8. The Kier molecular flexibility index (Phi) is 3.27. The number of nitrogen functional groups attached to an aromatic ring is 1. The first-order valence-electron chi connectivity index (χ1n) is 6.44. The molecule has 2 N–H and O–H groups in total. The molecule has 0 saturated heterocycles. The molecule has 0 fully saturated rings. The van der Waals surface area contributed by atoms with E-state index < -0.39 is 0 Å². The molecule has 0 aliphatic rings. The first kappa shape index (κ1) is 13.1. The van der Waals surface area contributed by atoms with E-state index in [1.807, 2.05) is 37.5 Å². The summed E-state index contributed by atoms with van der Waals surface area (Å²) in [7, 11) is 3.47. The van der Waals surface area contributed by atoms with Gasteiger partial charge in [-0.25, -0.2) is 9.97 Å². The molecule has 2 heterocycles. The van der Waals surface area contributed by atoms with Gasteiger partial charge in [-0.15, -0.1) is 0 Å². The molecule has 0 radical (unpaired) electrons. The number of nitrogens with two attached hydrogens (primary N) is 1. The van der Waals surface area contributed by atoms with E-state index >= 15 is 0 Å². The molecule has 6 nitrogen and oxygen atoms in total. The van der Waals surface area contributed by atoms with Crippen molar-refractivity contribution in [3.8, 4) is 28.4 Å². The van der Waals surface area contributed by atoms with Gasteiger partial charge >= 0.3 is 0 Å². The number of rotatable bonds is 3. The second-order valence-corrected chi connectivity index (χ2v) is 4.60. The molecule has 0 bridgehead atoms. The molecule has 0 amide bonds. The molecule has 0 aliphatic heterocycles. The summed E-state index contributed by atoms with van der Waals surface area (Å²) in [6, 6.07) is 9.31. The summed E-state index contributed by atoms with van der Waals surface area (Å²) < 4.78 is 7.07. The Bertz CT molecular complexity index is 781. The standard InChI is InChI=1S/C15H15N5O/c1-20-9-10(8-17-20)12-7-14(16)19-15(18-12)11-5-3-4-6-13(11)21-2/h3-9H,1-2H3,(H2,16,18,19). The average Bonchev–Trinajstić information content (AvgIpc) is 2.93. The molecule has 1 aromatic carbocycles. The highest BCUT2D eigenvalue weighted by Gasteiger charge is 2.12. The van der Waals surface area contributed by atoms with Crippen molar-refractivity contribution in [3.05, 3.63) is 42.7 Å². The van der Waals surface area contributed by atoms with Crippen molar-refractivity contribution < 1.29 is 4.74 Å². The SMILES string of the molecule is COc1ccccc1-c1nc(N)cc(-c2cnn(C)c2)n1. The van der Waals surface area contributed by atoms with Gasteiger partial charge in [0.05, 0.1) is 24.6 Å². The van der Waals surface area contributed by atoms with Crippen LogP contribution in [0.2, 0.25) is 0 Å². The number of benzene rings is 1. The number of anilines is 1. The van der Waals surface area contributed by atoms with Crippen molar-refractivity contribution >= 4 is 5.82 Å². The maximum Gasteiger partial charge on any atom is 0.165 e. The van der Waals surface area contributed by atoms with E-state index in [1.165, 1.54) is 0 Å². The molecule has 106 valence electrons. The average molecular weight is 281 g/mol. The Morgan fingerprint density at radius 3 is 2.71 bits per heavy atom. The molecule has 6 heteroatoms. The molecule has 2 aromatic heterocycles. The summed E-state index contributed by atoms with van der Waals surface area (Å²) >= 11 is 0. The van der Waals surface area contributed by atoms with Gasteiger partial charge in [0.1, 0.15) is 11.6 Å². The van der Waals surface area contributed by atoms with E-state index in [0.717, 1.165) is 16.8 Å². The third-order valence-electron chi connectivity index (χ3n) is 3.09. The molecular weight excluding hydrogens is 266 g/mol. The number of nitrogens with zero attached hydrogens (tertiary/aromatic N) is 4. The zero-order chi connectivity index (χ0) is 14.8. The second-order valence-electron chi connectivity index (χ2n) is 4.60. The van der Waals surface area contributed by atoms with Crippen LogP contribution in [0.25, 0.3) is 22.6 Å². The van der Waals surface area contributed by atoms with Crippen molar-refractivity contribution in [1.82, 2.24) is 19.7 Å². The monoisotopic (exact) mass is 281 g/mol. The zero-order valence-electron chi connectivity index (χ0n) is 11.8. The molecule has 3 rings (SSSR count). The largest absolute Gasteiger partial charge is 0.496 e. The summed E-state index contributed by atoms with van der Waals surface area (Å²) in [6.45, 7) is 0. The summed E-state index contributed by atoms with van der Waals surface area (Å²) in [4.78, 5) is 8.88. The summed E-state index contributed by atoms with van der Waals surface area (Å²) in [6.07, 6.45) is 3.63. The van der Waals surface area contributed by atoms with Crippen LogP contribution in [0.15, 0.2) is 42.7 Å². The van der Waals surface area contributed by atoms with Gasteiger partial charge in [0.25, 0.3) is 0 Å². The molecule has 0 unspecified atom stereocenters. The quantitative estimate of drug-likeness (QED) is 0.795. The number of para-hydroxylation sites is 1. The van der Waals surface area contributed by atoms with Crippen LogP contribution in [-0.2, 0) is 7.05 Å². The van der Waals surface area contributed by atoms with Crippen LogP contribution < -0.4 is 10.5 Å². The molecule has 3 aromatic rings. The lowest BCUT2D eigenvalue weighted by molar-refractivity contribution is 0.416. The van der Waals surface area contributed by atoms with Gasteiger partial charge in [-0.3, -0.25) is 4.68 Å². The van der Waals surface area contributed by atoms with E-state index in [-0.39, 0.29) is 0 Å². The van der Waals surface area contributed by atoms with Crippen molar-refractivity contribution in [3.63, 3.8) is 0 Å². The maximum atomic E-state index is 5.91. The predicted molar refractivity (Wildman–Crippen MR) is 80.6 cm³/mol. The van der Waals surface area contributed by atoms with E-state index in [1.54, 1.807) is 24.1 Å². The van der Waals surface area contributed by atoms with Gasteiger partial charge in [-0.05, 0) is 12.1 Å².